The highest BCUT2D eigenvalue weighted by Gasteiger charge is 2.19. The van der Waals surface area contributed by atoms with Gasteiger partial charge >= 0.3 is 7.82 Å². The molecular formula is C14H27O4P. The summed E-state index contributed by atoms with van der Waals surface area (Å²) in [4.78, 5) is 9.26. The van der Waals surface area contributed by atoms with Crippen LogP contribution in [0.25, 0.3) is 0 Å². The average molecular weight is 290 g/mol. The molecule has 0 amide bonds. The van der Waals surface area contributed by atoms with E-state index >= 15 is 0 Å². The van der Waals surface area contributed by atoms with Gasteiger partial charge in [-0.15, -0.1) is 12.3 Å². The van der Waals surface area contributed by atoms with Crippen molar-refractivity contribution in [1.29, 1.82) is 0 Å². The van der Waals surface area contributed by atoms with Crippen molar-refractivity contribution < 1.29 is 18.5 Å². The molecule has 0 heterocycles. The van der Waals surface area contributed by atoms with Crippen molar-refractivity contribution in [1.82, 2.24) is 0 Å². The maximum atomic E-state index is 11.3. The first-order valence-electron chi connectivity index (χ1n) is 7.17. The van der Waals surface area contributed by atoms with E-state index in [1.165, 1.54) is 19.3 Å². The number of hydrogen-bond acceptors (Lipinski definition) is 3. The third-order valence-corrected chi connectivity index (χ3v) is 3.70. The van der Waals surface area contributed by atoms with E-state index in [0.29, 0.717) is 6.42 Å². The zero-order valence-corrected chi connectivity index (χ0v) is 12.9. The molecular weight excluding hydrogens is 263 g/mol. The highest BCUT2D eigenvalue weighted by Crippen LogP contribution is 2.43. The molecule has 0 aromatic heterocycles. The Kier molecular flexibility index (Phi) is 12.5. The zero-order valence-electron chi connectivity index (χ0n) is 12.0. The topological polar surface area (TPSA) is 55.8 Å². The van der Waals surface area contributed by atoms with E-state index in [9.17, 15) is 9.46 Å². The van der Waals surface area contributed by atoms with Gasteiger partial charge in [0.15, 0.2) is 0 Å². The van der Waals surface area contributed by atoms with Crippen LogP contribution in [0.5, 0.6) is 0 Å². The van der Waals surface area contributed by atoms with Crippen LogP contribution in [0.2, 0.25) is 0 Å². The van der Waals surface area contributed by atoms with E-state index in [1.54, 1.807) is 0 Å². The van der Waals surface area contributed by atoms with Crippen molar-refractivity contribution in [2.24, 2.45) is 0 Å². The molecule has 0 saturated carbocycles. The van der Waals surface area contributed by atoms with Gasteiger partial charge in [-0.1, -0.05) is 39.0 Å². The third kappa shape index (κ3) is 13.9. The fourth-order valence-corrected chi connectivity index (χ4v) is 2.48. The molecule has 1 unspecified atom stereocenters. The molecule has 1 atom stereocenters. The minimum atomic E-state index is -3.80. The lowest BCUT2D eigenvalue weighted by Gasteiger charge is -2.11. The van der Waals surface area contributed by atoms with Gasteiger partial charge < -0.3 is 4.89 Å². The Labute approximate surface area is 117 Å². The third-order valence-electron chi connectivity index (χ3n) is 2.68. The number of phosphoric ester groups is 1. The van der Waals surface area contributed by atoms with Crippen molar-refractivity contribution in [3.05, 3.63) is 0 Å². The largest absolute Gasteiger partial charge is 0.472 e. The molecule has 0 aromatic carbocycles. The Morgan fingerprint density at radius 1 is 1.00 bits per heavy atom. The summed E-state index contributed by atoms with van der Waals surface area (Å²) >= 11 is 0. The van der Waals surface area contributed by atoms with Gasteiger partial charge in [0.1, 0.15) is 0 Å². The van der Waals surface area contributed by atoms with Crippen molar-refractivity contribution in [3.8, 4) is 12.3 Å². The summed E-state index contributed by atoms with van der Waals surface area (Å²) in [7, 11) is -3.80. The second-order valence-electron chi connectivity index (χ2n) is 4.56. The second-order valence-corrected chi connectivity index (χ2v) is 6.02. The zero-order chi connectivity index (χ0) is 14.4. The second kappa shape index (κ2) is 12.7. The maximum Gasteiger partial charge on any atom is 0.472 e. The molecule has 1 N–H and O–H groups in total. The first-order valence-corrected chi connectivity index (χ1v) is 8.67. The number of rotatable bonds is 13. The molecule has 0 spiro atoms. The predicted octanol–water partition coefficient (Wildman–Crippen LogP) is 4.28. The fourth-order valence-electron chi connectivity index (χ4n) is 1.64. The smallest absolute Gasteiger partial charge is 0.302 e. The summed E-state index contributed by atoms with van der Waals surface area (Å²) < 4.78 is 20.9. The molecule has 0 aromatic rings. The summed E-state index contributed by atoms with van der Waals surface area (Å²) in [5.41, 5.74) is 0. The summed E-state index contributed by atoms with van der Waals surface area (Å²) in [6, 6.07) is 0. The molecule has 5 heteroatoms. The van der Waals surface area contributed by atoms with Gasteiger partial charge in [-0.25, -0.2) is 4.57 Å². The Hall–Kier alpha value is -0.330. The Bertz CT molecular complexity index is 286. The van der Waals surface area contributed by atoms with Crippen LogP contribution in [0.15, 0.2) is 0 Å². The van der Waals surface area contributed by atoms with E-state index < -0.39 is 7.82 Å². The summed E-state index contributed by atoms with van der Waals surface area (Å²) in [5.74, 6) is 2.64. The van der Waals surface area contributed by atoms with E-state index in [2.05, 4.69) is 5.92 Å². The fraction of sp³-hybridized carbons (Fsp3) is 0.857. The van der Waals surface area contributed by atoms with Crippen LogP contribution in [-0.4, -0.2) is 18.1 Å². The van der Waals surface area contributed by atoms with Gasteiger partial charge in [-0.2, -0.15) is 0 Å². The van der Waals surface area contributed by atoms with Gasteiger partial charge in [0.2, 0.25) is 0 Å². The van der Waals surface area contributed by atoms with Crippen LogP contribution in [-0.2, 0) is 13.6 Å². The molecule has 112 valence electrons. The molecule has 0 fully saturated rings. The van der Waals surface area contributed by atoms with E-state index in [1.807, 2.05) is 6.92 Å². The molecule has 0 saturated heterocycles. The molecule has 19 heavy (non-hydrogen) atoms. The SMILES string of the molecule is C#CCCCCCCCCCOP(=O)(O)OCCC. The molecule has 0 aliphatic carbocycles. The van der Waals surface area contributed by atoms with Gasteiger partial charge in [0.25, 0.3) is 0 Å². The van der Waals surface area contributed by atoms with E-state index in [0.717, 1.165) is 32.1 Å². The summed E-state index contributed by atoms with van der Waals surface area (Å²) in [6.45, 7) is 2.42. The van der Waals surface area contributed by atoms with Crippen molar-refractivity contribution in [3.63, 3.8) is 0 Å². The van der Waals surface area contributed by atoms with E-state index in [-0.39, 0.29) is 13.2 Å². The van der Waals surface area contributed by atoms with Crippen LogP contribution in [0.3, 0.4) is 0 Å². The van der Waals surface area contributed by atoms with E-state index in [4.69, 9.17) is 15.5 Å². The minimum Gasteiger partial charge on any atom is -0.302 e. The molecule has 4 nitrogen and oxygen atoms in total. The number of hydrogen-bond donors (Lipinski definition) is 1. The van der Waals surface area contributed by atoms with Crippen molar-refractivity contribution >= 4 is 7.82 Å². The monoisotopic (exact) mass is 290 g/mol. The number of phosphoric acid groups is 1. The molecule has 0 aliphatic heterocycles. The first kappa shape index (κ1) is 18.7. The molecule has 0 rings (SSSR count). The highest BCUT2D eigenvalue weighted by molar-refractivity contribution is 7.47. The minimum absolute atomic E-state index is 0.255. The lowest BCUT2D eigenvalue weighted by atomic mass is 10.1. The lowest BCUT2D eigenvalue weighted by molar-refractivity contribution is 0.147. The van der Waals surface area contributed by atoms with Crippen LogP contribution in [0.1, 0.15) is 64.7 Å². The summed E-state index contributed by atoms with van der Waals surface area (Å²) in [6.07, 6.45) is 14.4. The predicted molar refractivity (Wildman–Crippen MR) is 77.8 cm³/mol. The van der Waals surface area contributed by atoms with Gasteiger partial charge in [0, 0.05) is 6.42 Å². The highest BCUT2D eigenvalue weighted by atomic mass is 31.2. The van der Waals surface area contributed by atoms with Crippen LogP contribution < -0.4 is 0 Å². The van der Waals surface area contributed by atoms with Crippen LogP contribution >= 0.6 is 7.82 Å². The van der Waals surface area contributed by atoms with Gasteiger partial charge in [0.05, 0.1) is 13.2 Å². The average Bonchev–Trinajstić information content (AvgIpc) is 2.38. The number of terminal acetylenes is 1. The Morgan fingerprint density at radius 2 is 1.53 bits per heavy atom. The maximum absolute atomic E-state index is 11.3. The molecule has 0 radical (unpaired) electrons. The molecule has 0 aliphatic rings. The van der Waals surface area contributed by atoms with Gasteiger partial charge in [-0.3, -0.25) is 9.05 Å². The lowest BCUT2D eigenvalue weighted by Crippen LogP contribution is -1.98. The Balaban J connectivity index is 3.27. The van der Waals surface area contributed by atoms with Crippen LogP contribution in [0, 0.1) is 12.3 Å². The van der Waals surface area contributed by atoms with Gasteiger partial charge in [-0.05, 0) is 19.3 Å². The Morgan fingerprint density at radius 3 is 2.11 bits per heavy atom. The van der Waals surface area contributed by atoms with Crippen molar-refractivity contribution in [2.75, 3.05) is 13.2 Å². The first-order chi connectivity index (χ1) is 9.12. The number of unbranched alkanes of at least 4 members (excludes halogenated alkanes) is 7. The summed E-state index contributed by atoms with van der Waals surface area (Å²) in [5, 5.41) is 0. The van der Waals surface area contributed by atoms with Crippen LogP contribution in [0.4, 0.5) is 0 Å². The quantitative estimate of drug-likeness (QED) is 0.312. The normalized spacial score (nSPS) is 13.9. The van der Waals surface area contributed by atoms with Crippen molar-refractivity contribution in [2.45, 2.75) is 64.7 Å². The standard InChI is InChI=1S/C14H27O4P/c1-3-5-6-7-8-9-10-11-12-14-18-19(15,16)17-13-4-2/h1H,4-14H2,2H3,(H,15,16). The molecule has 0 bridgehead atoms.